The van der Waals surface area contributed by atoms with E-state index in [9.17, 15) is 0 Å². The predicted octanol–water partition coefficient (Wildman–Crippen LogP) is 2.47. The number of hydrogen-bond acceptors (Lipinski definition) is 2. The van der Waals surface area contributed by atoms with Crippen molar-refractivity contribution in [2.45, 2.75) is 51.1 Å². The van der Waals surface area contributed by atoms with Gasteiger partial charge in [0, 0.05) is 36.2 Å². The van der Waals surface area contributed by atoms with Crippen LogP contribution in [-0.4, -0.2) is 49.1 Å². The minimum Gasteiger partial charge on any atom is -0.357 e. The molecule has 0 aromatic rings. The quantitative estimate of drug-likeness (QED) is 0.595. The first-order valence-electron chi connectivity index (χ1n) is 7.81. The zero-order valence-electron chi connectivity index (χ0n) is 12.5. The molecule has 1 saturated heterocycles. The molecule has 2 fully saturated rings. The fourth-order valence-corrected chi connectivity index (χ4v) is 3.31. The lowest BCUT2D eigenvalue weighted by Crippen LogP contribution is -2.45. The third-order valence-electron chi connectivity index (χ3n) is 4.15. The number of aliphatic imine (C=N–C) groups is 1. The van der Waals surface area contributed by atoms with Crippen molar-refractivity contribution in [2.24, 2.45) is 4.99 Å². The van der Waals surface area contributed by atoms with Crippen LogP contribution in [0.2, 0.25) is 0 Å². The second-order valence-corrected chi connectivity index (χ2v) is 6.90. The highest BCUT2D eigenvalue weighted by Gasteiger charge is 2.30. The number of hydrogen-bond donors (Lipinski definition) is 2. The monoisotopic (exact) mass is 342 g/mol. The average molecular weight is 343 g/mol. The van der Waals surface area contributed by atoms with Crippen molar-refractivity contribution in [3.63, 3.8) is 0 Å². The lowest BCUT2D eigenvalue weighted by molar-refractivity contribution is 0.242. The molecule has 0 amide bonds. The molecule has 4 nitrogen and oxygen atoms in total. The standard InChI is InChI=1S/C15H27BrN4/c1-3-17-15(18-10-12(2)16)19-13-8-9-20(11-13)14-6-4-5-7-14/h13-14H,2-11H2,1H3,(H2,17,18,19). The SMILES string of the molecule is C=C(Br)CN=C(NCC)NC1CCN(C2CCCC2)C1. The molecule has 5 heteroatoms. The van der Waals surface area contributed by atoms with Crippen LogP contribution >= 0.6 is 15.9 Å². The Bertz CT molecular complexity index is 350. The summed E-state index contributed by atoms with van der Waals surface area (Å²) in [7, 11) is 0. The van der Waals surface area contributed by atoms with Gasteiger partial charge in [0.1, 0.15) is 0 Å². The van der Waals surface area contributed by atoms with Crippen molar-refractivity contribution < 1.29 is 0 Å². The number of halogens is 1. The Morgan fingerprint density at radius 1 is 1.35 bits per heavy atom. The maximum Gasteiger partial charge on any atom is 0.191 e. The molecular weight excluding hydrogens is 316 g/mol. The van der Waals surface area contributed by atoms with Crippen LogP contribution in [0.5, 0.6) is 0 Å². The second-order valence-electron chi connectivity index (χ2n) is 5.78. The van der Waals surface area contributed by atoms with Crippen molar-refractivity contribution in [3.8, 4) is 0 Å². The maximum absolute atomic E-state index is 4.53. The van der Waals surface area contributed by atoms with Crippen molar-refractivity contribution >= 4 is 21.9 Å². The summed E-state index contributed by atoms with van der Waals surface area (Å²) >= 11 is 3.36. The normalized spacial score (nSPS) is 25.1. The fraction of sp³-hybridized carbons (Fsp3) is 0.800. The summed E-state index contributed by atoms with van der Waals surface area (Å²) in [6, 6.07) is 1.36. The molecule has 2 rings (SSSR count). The highest BCUT2D eigenvalue weighted by molar-refractivity contribution is 9.11. The molecule has 114 valence electrons. The van der Waals surface area contributed by atoms with Gasteiger partial charge in [-0.1, -0.05) is 35.4 Å². The van der Waals surface area contributed by atoms with E-state index in [1.807, 2.05) is 0 Å². The summed E-state index contributed by atoms with van der Waals surface area (Å²) in [5, 5.41) is 6.87. The van der Waals surface area contributed by atoms with Crippen molar-refractivity contribution in [2.75, 3.05) is 26.2 Å². The molecule has 1 aliphatic carbocycles. The van der Waals surface area contributed by atoms with Crippen molar-refractivity contribution in [1.29, 1.82) is 0 Å². The number of guanidine groups is 1. The number of nitrogens with zero attached hydrogens (tertiary/aromatic N) is 2. The number of likely N-dealkylation sites (tertiary alicyclic amines) is 1. The van der Waals surface area contributed by atoms with Gasteiger partial charge in [-0.2, -0.15) is 0 Å². The lowest BCUT2D eigenvalue weighted by atomic mass is 10.2. The second kappa shape index (κ2) is 8.03. The highest BCUT2D eigenvalue weighted by atomic mass is 79.9. The van der Waals surface area contributed by atoms with E-state index in [0.29, 0.717) is 12.6 Å². The topological polar surface area (TPSA) is 39.7 Å². The molecule has 1 atom stereocenters. The molecule has 0 radical (unpaired) electrons. The Hall–Kier alpha value is -0.550. The van der Waals surface area contributed by atoms with E-state index in [-0.39, 0.29) is 0 Å². The number of rotatable bonds is 5. The highest BCUT2D eigenvalue weighted by Crippen LogP contribution is 2.26. The van der Waals surface area contributed by atoms with E-state index in [1.54, 1.807) is 0 Å². The average Bonchev–Trinajstić information content (AvgIpc) is 3.06. The lowest BCUT2D eigenvalue weighted by Gasteiger charge is -2.24. The van der Waals surface area contributed by atoms with Crippen molar-refractivity contribution in [1.82, 2.24) is 15.5 Å². The van der Waals surface area contributed by atoms with E-state index in [0.717, 1.165) is 29.6 Å². The first kappa shape index (κ1) is 15.8. The fourth-order valence-electron chi connectivity index (χ4n) is 3.18. The summed E-state index contributed by atoms with van der Waals surface area (Å²) in [5.74, 6) is 0.909. The van der Waals surface area contributed by atoms with Gasteiger partial charge in [-0.15, -0.1) is 0 Å². The smallest absolute Gasteiger partial charge is 0.191 e. The van der Waals surface area contributed by atoms with Gasteiger partial charge in [0.25, 0.3) is 0 Å². The van der Waals surface area contributed by atoms with Crippen LogP contribution in [0.3, 0.4) is 0 Å². The first-order chi connectivity index (χ1) is 9.69. The van der Waals surface area contributed by atoms with Crippen molar-refractivity contribution in [3.05, 3.63) is 11.1 Å². The van der Waals surface area contributed by atoms with E-state index in [4.69, 9.17) is 0 Å². The Morgan fingerprint density at radius 2 is 2.10 bits per heavy atom. The molecule has 0 aromatic heterocycles. The third kappa shape index (κ3) is 4.77. The van der Waals surface area contributed by atoms with E-state index < -0.39 is 0 Å². The van der Waals surface area contributed by atoms with Gasteiger partial charge < -0.3 is 10.6 Å². The molecule has 1 unspecified atom stereocenters. The van der Waals surface area contributed by atoms with Crippen LogP contribution in [0.15, 0.2) is 16.1 Å². The minimum atomic E-state index is 0.525. The maximum atomic E-state index is 4.53. The van der Waals surface area contributed by atoms with Crippen LogP contribution in [-0.2, 0) is 0 Å². The van der Waals surface area contributed by atoms with Crippen LogP contribution in [0, 0.1) is 0 Å². The largest absolute Gasteiger partial charge is 0.357 e. The van der Waals surface area contributed by atoms with Crippen LogP contribution in [0.25, 0.3) is 0 Å². The Balaban J connectivity index is 1.81. The molecule has 1 saturated carbocycles. The van der Waals surface area contributed by atoms with E-state index in [1.165, 1.54) is 38.6 Å². The van der Waals surface area contributed by atoms with Gasteiger partial charge in [-0.3, -0.25) is 4.90 Å². The summed E-state index contributed by atoms with van der Waals surface area (Å²) in [6.07, 6.45) is 6.83. The summed E-state index contributed by atoms with van der Waals surface area (Å²) in [5.41, 5.74) is 0. The zero-order valence-corrected chi connectivity index (χ0v) is 14.1. The molecule has 1 aliphatic heterocycles. The molecule has 2 aliphatic rings. The van der Waals surface area contributed by atoms with Gasteiger partial charge in [0.05, 0.1) is 6.54 Å². The Labute approximate surface area is 131 Å². The minimum absolute atomic E-state index is 0.525. The molecular formula is C15H27BrN4. The van der Waals surface area contributed by atoms with Gasteiger partial charge in [-0.05, 0) is 26.2 Å². The molecule has 0 aromatic carbocycles. The zero-order chi connectivity index (χ0) is 14.4. The van der Waals surface area contributed by atoms with Gasteiger partial charge >= 0.3 is 0 Å². The van der Waals surface area contributed by atoms with Gasteiger partial charge in [0.2, 0.25) is 0 Å². The van der Waals surface area contributed by atoms with E-state index >= 15 is 0 Å². The molecule has 0 bridgehead atoms. The molecule has 2 N–H and O–H groups in total. The van der Waals surface area contributed by atoms with Crippen LogP contribution < -0.4 is 10.6 Å². The first-order valence-corrected chi connectivity index (χ1v) is 8.60. The number of nitrogens with one attached hydrogen (secondary N) is 2. The third-order valence-corrected chi connectivity index (χ3v) is 4.41. The molecule has 0 spiro atoms. The van der Waals surface area contributed by atoms with Gasteiger partial charge in [-0.25, -0.2) is 4.99 Å². The predicted molar refractivity (Wildman–Crippen MR) is 89.4 cm³/mol. The van der Waals surface area contributed by atoms with E-state index in [2.05, 4.69) is 50.0 Å². The van der Waals surface area contributed by atoms with Gasteiger partial charge in [0.15, 0.2) is 5.96 Å². The molecule has 1 heterocycles. The Kier molecular flexibility index (Phi) is 6.36. The summed E-state index contributed by atoms with van der Waals surface area (Å²) < 4.78 is 0.911. The summed E-state index contributed by atoms with van der Waals surface area (Å²) in [6.45, 7) is 9.82. The summed E-state index contributed by atoms with van der Waals surface area (Å²) in [4.78, 5) is 7.19. The van der Waals surface area contributed by atoms with Crippen LogP contribution in [0.1, 0.15) is 39.0 Å². The van der Waals surface area contributed by atoms with Crippen LogP contribution in [0.4, 0.5) is 0 Å². The molecule has 20 heavy (non-hydrogen) atoms. The Morgan fingerprint density at radius 3 is 2.75 bits per heavy atom.